The van der Waals surface area contributed by atoms with E-state index >= 15 is 0 Å². The Hall–Kier alpha value is -3.93. The molecule has 4 aromatic rings. The van der Waals surface area contributed by atoms with Crippen LogP contribution in [-0.2, 0) is 0 Å². The summed E-state index contributed by atoms with van der Waals surface area (Å²) in [5.41, 5.74) is 2.63. The first kappa shape index (κ1) is 23.2. The van der Waals surface area contributed by atoms with Crippen LogP contribution in [0, 0.1) is 13.8 Å². The third-order valence-corrected chi connectivity index (χ3v) is 5.69. The largest absolute Gasteiger partial charge is 0.497 e. The first-order chi connectivity index (χ1) is 16.5. The van der Waals surface area contributed by atoms with E-state index in [9.17, 15) is 0 Å². The SMILES string of the molecule is CCOc1ccc(-c2cc(OC)c3c(C)oc(C)c3c(=Nc3cc(OC)ccc3OC)c2)cc1. The quantitative estimate of drug-likeness (QED) is 0.321. The van der Waals surface area contributed by atoms with Gasteiger partial charge in [-0.05, 0) is 68.3 Å². The number of ether oxygens (including phenoxy) is 4. The van der Waals surface area contributed by atoms with Crippen molar-refractivity contribution >= 4 is 16.5 Å². The standard InChI is InChI=1S/C28H29NO5/c1-7-33-21-10-8-19(9-11-21)20-14-24(29-23-16-22(30-4)12-13-25(23)31-5)27-17(2)34-18(3)28(27)26(15-20)32-6/h8-16H,7H2,1-6H3. The van der Waals surface area contributed by atoms with Gasteiger partial charge in [0.2, 0.25) is 0 Å². The normalized spacial score (nSPS) is 11.5. The van der Waals surface area contributed by atoms with Gasteiger partial charge in [0.25, 0.3) is 0 Å². The summed E-state index contributed by atoms with van der Waals surface area (Å²) in [7, 11) is 4.92. The lowest BCUT2D eigenvalue weighted by Gasteiger charge is -2.07. The van der Waals surface area contributed by atoms with Crippen molar-refractivity contribution < 1.29 is 23.4 Å². The first-order valence-electron chi connectivity index (χ1n) is 11.1. The van der Waals surface area contributed by atoms with Crippen LogP contribution < -0.4 is 24.3 Å². The summed E-state index contributed by atoms with van der Waals surface area (Å²) in [6.45, 7) is 6.46. The molecule has 0 aliphatic carbocycles. The summed E-state index contributed by atoms with van der Waals surface area (Å²) >= 11 is 0. The molecule has 0 aliphatic rings. The zero-order valence-electron chi connectivity index (χ0n) is 20.4. The molecule has 6 nitrogen and oxygen atoms in total. The Morgan fingerprint density at radius 1 is 0.706 bits per heavy atom. The summed E-state index contributed by atoms with van der Waals surface area (Å²) < 4.78 is 28.4. The van der Waals surface area contributed by atoms with E-state index in [0.29, 0.717) is 29.5 Å². The van der Waals surface area contributed by atoms with Crippen molar-refractivity contribution in [2.24, 2.45) is 4.99 Å². The van der Waals surface area contributed by atoms with E-state index in [2.05, 4.69) is 0 Å². The van der Waals surface area contributed by atoms with Gasteiger partial charge in [0.05, 0.1) is 44.1 Å². The molecule has 4 rings (SSSR count). The summed E-state index contributed by atoms with van der Waals surface area (Å²) in [6.07, 6.45) is 0. The van der Waals surface area contributed by atoms with Crippen molar-refractivity contribution in [3.8, 4) is 34.1 Å². The van der Waals surface area contributed by atoms with E-state index in [4.69, 9.17) is 28.4 Å². The van der Waals surface area contributed by atoms with Gasteiger partial charge in [-0.15, -0.1) is 0 Å². The third-order valence-electron chi connectivity index (χ3n) is 5.69. The Kier molecular flexibility index (Phi) is 6.77. The summed E-state index contributed by atoms with van der Waals surface area (Å²) in [6, 6.07) is 17.6. The fourth-order valence-electron chi connectivity index (χ4n) is 4.10. The second-order valence-electron chi connectivity index (χ2n) is 7.77. The minimum absolute atomic E-state index is 0.621. The number of hydrogen-bond acceptors (Lipinski definition) is 6. The Balaban J connectivity index is 2.07. The van der Waals surface area contributed by atoms with E-state index in [1.165, 1.54) is 0 Å². The Bertz CT molecular complexity index is 1390. The lowest BCUT2D eigenvalue weighted by Crippen LogP contribution is -2.01. The van der Waals surface area contributed by atoms with Gasteiger partial charge in [-0.25, -0.2) is 4.99 Å². The molecule has 0 spiro atoms. The summed E-state index contributed by atoms with van der Waals surface area (Å²) in [4.78, 5) is 5.03. The Labute approximate surface area is 199 Å². The van der Waals surface area contributed by atoms with E-state index in [1.54, 1.807) is 21.3 Å². The molecule has 0 atom stereocenters. The molecule has 176 valence electrons. The van der Waals surface area contributed by atoms with Crippen molar-refractivity contribution in [2.45, 2.75) is 20.8 Å². The molecule has 0 fully saturated rings. The second-order valence-corrected chi connectivity index (χ2v) is 7.77. The molecule has 6 heteroatoms. The monoisotopic (exact) mass is 459 g/mol. The van der Waals surface area contributed by atoms with Gasteiger partial charge in [0, 0.05) is 6.07 Å². The van der Waals surface area contributed by atoms with Gasteiger partial charge in [0.15, 0.2) is 0 Å². The molecular formula is C28H29NO5. The minimum atomic E-state index is 0.621. The minimum Gasteiger partial charge on any atom is -0.497 e. The van der Waals surface area contributed by atoms with Crippen LogP contribution in [0.3, 0.4) is 0 Å². The number of aryl methyl sites for hydroxylation is 2. The van der Waals surface area contributed by atoms with Crippen LogP contribution in [0.5, 0.6) is 23.0 Å². The molecule has 3 aromatic carbocycles. The highest BCUT2D eigenvalue weighted by atomic mass is 16.5. The molecule has 0 bridgehead atoms. The molecule has 0 radical (unpaired) electrons. The maximum absolute atomic E-state index is 6.00. The maximum Gasteiger partial charge on any atom is 0.144 e. The van der Waals surface area contributed by atoms with E-state index < -0.39 is 0 Å². The molecule has 0 amide bonds. The third kappa shape index (κ3) is 4.44. The highest BCUT2D eigenvalue weighted by Crippen LogP contribution is 2.35. The van der Waals surface area contributed by atoms with Crippen molar-refractivity contribution in [1.29, 1.82) is 0 Å². The smallest absolute Gasteiger partial charge is 0.144 e. The number of hydrogen-bond donors (Lipinski definition) is 0. The number of nitrogens with zero attached hydrogens (tertiary/aromatic N) is 1. The molecule has 0 saturated heterocycles. The number of methoxy groups -OCH3 is 3. The van der Waals surface area contributed by atoms with Crippen LogP contribution in [0.1, 0.15) is 18.4 Å². The number of rotatable bonds is 7. The number of benzene rings is 2. The highest BCUT2D eigenvalue weighted by Gasteiger charge is 2.16. The van der Waals surface area contributed by atoms with Gasteiger partial charge < -0.3 is 23.4 Å². The zero-order chi connectivity index (χ0) is 24.2. The van der Waals surface area contributed by atoms with Crippen LogP contribution in [0.25, 0.3) is 21.9 Å². The van der Waals surface area contributed by atoms with Crippen LogP contribution in [-0.4, -0.2) is 27.9 Å². The van der Waals surface area contributed by atoms with Crippen LogP contribution in [0.4, 0.5) is 5.69 Å². The van der Waals surface area contributed by atoms with Crippen LogP contribution in [0.2, 0.25) is 0 Å². The van der Waals surface area contributed by atoms with E-state index in [0.717, 1.165) is 44.5 Å². The molecular weight excluding hydrogens is 430 g/mol. The van der Waals surface area contributed by atoms with Gasteiger partial charge in [-0.2, -0.15) is 0 Å². The van der Waals surface area contributed by atoms with Gasteiger partial charge in [-0.1, -0.05) is 12.1 Å². The first-order valence-corrected chi connectivity index (χ1v) is 11.1. The predicted molar refractivity (Wildman–Crippen MR) is 134 cm³/mol. The molecule has 34 heavy (non-hydrogen) atoms. The highest BCUT2D eigenvalue weighted by molar-refractivity contribution is 5.93. The second kappa shape index (κ2) is 9.91. The van der Waals surface area contributed by atoms with Crippen molar-refractivity contribution in [1.82, 2.24) is 0 Å². The number of furan rings is 1. The predicted octanol–water partition coefficient (Wildman–Crippen LogP) is 6.37. The Morgan fingerprint density at radius 2 is 1.38 bits per heavy atom. The summed E-state index contributed by atoms with van der Waals surface area (Å²) in [5, 5.41) is 2.51. The van der Waals surface area contributed by atoms with Gasteiger partial charge in [0.1, 0.15) is 40.2 Å². The molecule has 0 saturated carbocycles. The van der Waals surface area contributed by atoms with Gasteiger partial charge in [-0.3, -0.25) is 0 Å². The maximum atomic E-state index is 6.00. The fourth-order valence-corrected chi connectivity index (χ4v) is 4.10. The molecule has 1 aromatic heterocycles. The molecule has 0 aliphatic heterocycles. The lowest BCUT2D eigenvalue weighted by molar-refractivity contribution is 0.340. The van der Waals surface area contributed by atoms with Crippen molar-refractivity contribution in [3.63, 3.8) is 0 Å². The van der Waals surface area contributed by atoms with Crippen LogP contribution >= 0.6 is 0 Å². The summed E-state index contributed by atoms with van der Waals surface area (Å²) in [5.74, 6) is 4.42. The lowest BCUT2D eigenvalue weighted by atomic mass is 10.1. The zero-order valence-corrected chi connectivity index (χ0v) is 20.4. The topological polar surface area (TPSA) is 62.4 Å². The van der Waals surface area contributed by atoms with Crippen LogP contribution in [0.15, 0.2) is 64.0 Å². The Morgan fingerprint density at radius 3 is 2.03 bits per heavy atom. The van der Waals surface area contributed by atoms with E-state index in [-0.39, 0.29) is 0 Å². The fraction of sp³-hybridized carbons (Fsp3) is 0.250. The average molecular weight is 460 g/mol. The number of fused-ring (bicyclic) bond motifs is 1. The molecule has 0 unspecified atom stereocenters. The van der Waals surface area contributed by atoms with E-state index in [1.807, 2.05) is 75.4 Å². The van der Waals surface area contributed by atoms with Gasteiger partial charge >= 0.3 is 0 Å². The average Bonchev–Trinajstić information content (AvgIpc) is 3.04. The molecule has 0 N–H and O–H groups in total. The van der Waals surface area contributed by atoms with Crippen molar-refractivity contribution in [2.75, 3.05) is 27.9 Å². The van der Waals surface area contributed by atoms with Crippen molar-refractivity contribution in [3.05, 3.63) is 71.5 Å². The molecule has 1 heterocycles.